The lowest BCUT2D eigenvalue weighted by atomic mass is 9.44. The number of furan rings is 1. The fraction of sp³-hybridized carbons (Fsp3) is 0.826. The Labute approximate surface area is 156 Å². The van der Waals surface area contributed by atoms with Gasteiger partial charge in [-0.2, -0.15) is 0 Å². The van der Waals surface area contributed by atoms with Crippen molar-refractivity contribution in [2.45, 2.75) is 88.9 Å². The summed E-state index contributed by atoms with van der Waals surface area (Å²) < 4.78 is 12.0. The number of hydrogen-bond acceptors (Lipinski definition) is 3. The van der Waals surface area contributed by atoms with Crippen LogP contribution in [0.2, 0.25) is 0 Å². The third-order valence-electron chi connectivity index (χ3n) is 10.0. The molecule has 142 valence electrons. The van der Waals surface area contributed by atoms with Gasteiger partial charge in [-0.1, -0.05) is 13.8 Å². The van der Waals surface area contributed by atoms with E-state index < -0.39 is 0 Å². The van der Waals surface area contributed by atoms with Crippen LogP contribution in [0.5, 0.6) is 0 Å². The molecule has 1 aromatic heterocycles. The van der Waals surface area contributed by atoms with Crippen molar-refractivity contribution < 1.29 is 14.3 Å². The topological polar surface area (TPSA) is 45.9 Å². The standard InChI is InChI=1S/C23H32O3/c1-21-8-5-16(24)11-15(21)3-4-18-17(21)6-9-22(2)19(14-7-10-25-13-14)12-20-23(18,22)26-20/h7,10,13,15-20,24H,3-6,8-9,11-12H2,1-2H3/t15-,16-,17+,18-,19-,20-,21+,22-,23-/m1/s1. The number of epoxide rings is 1. The number of fused-ring (bicyclic) bond motifs is 3. The molecule has 0 unspecified atom stereocenters. The van der Waals surface area contributed by atoms with Crippen LogP contribution >= 0.6 is 0 Å². The summed E-state index contributed by atoms with van der Waals surface area (Å²) in [6.45, 7) is 5.08. The van der Waals surface area contributed by atoms with E-state index in [2.05, 4.69) is 19.9 Å². The van der Waals surface area contributed by atoms with Crippen LogP contribution in [0.1, 0.15) is 76.7 Å². The first-order valence-corrected chi connectivity index (χ1v) is 10.9. The summed E-state index contributed by atoms with van der Waals surface area (Å²) in [5.41, 5.74) is 2.20. The first-order chi connectivity index (χ1) is 12.5. The van der Waals surface area contributed by atoms with Crippen molar-refractivity contribution in [1.29, 1.82) is 0 Å². The number of aliphatic hydroxyl groups excluding tert-OH is 1. The smallest absolute Gasteiger partial charge is 0.104 e. The van der Waals surface area contributed by atoms with Gasteiger partial charge in [-0.05, 0) is 92.1 Å². The number of hydrogen-bond donors (Lipinski definition) is 1. The summed E-state index contributed by atoms with van der Waals surface area (Å²) in [5, 5.41) is 10.2. The van der Waals surface area contributed by atoms with Gasteiger partial charge in [0.25, 0.3) is 0 Å². The molecule has 0 amide bonds. The summed E-state index contributed by atoms with van der Waals surface area (Å²) in [6.07, 6.45) is 13.9. The van der Waals surface area contributed by atoms with Gasteiger partial charge in [0, 0.05) is 5.41 Å². The molecule has 1 spiro atoms. The van der Waals surface area contributed by atoms with Crippen LogP contribution in [0.25, 0.3) is 0 Å². The number of rotatable bonds is 1. The Morgan fingerprint density at radius 2 is 1.92 bits per heavy atom. The molecule has 1 saturated heterocycles. The zero-order chi connectivity index (χ0) is 17.7. The fourth-order valence-electron chi connectivity index (χ4n) is 8.64. The fourth-order valence-corrected chi connectivity index (χ4v) is 8.64. The van der Waals surface area contributed by atoms with E-state index in [9.17, 15) is 5.11 Å². The van der Waals surface area contributed by atoms with Gasteiger partial charge in [0.05, 0.1) is 24.7 Å². The average molecular weight is 357 g/mol. The van der Waals surface area contributed by atoms with Crippen LogP contribution in [0.15, 0.2) is 23.0 Å². The molecule has 3 heteroatoms. The van der Waals surface area contributed by atoms with E-state index in [1.807, 2.05) is 12.5 Å². The lowest BCUT2D eigenvalue weighted by Crippen LogP contribution is -2.58. The maximum atomic E-state index is 10.2. The normalized spacial score (nSPS) is 57.7. The SMILES string of the molecule is C[C@]12CC[C@@H](O)C[C@H]1CC[C@@H]1[C@@H]2CC[C@]2(C)[C@@H](c3ccoc3)C[C@H]3O[C@]132. The molecule has 1 N–H and O–H groups in total. The van der Waals surface area contributed by atoms with E-state index in [0.717, 1.165) is 30.6 Å². The molecule has 9 atom stereocenters. The summed E-state index contributed by atoms with van der Waals surface area (Å²) in [7, 11) is 0. The third-order valence-corrected chi connectivity index (χ3v) is 10.0. The minimum atomic E-state index is -0.0569. The first kappa shape index (κ1) is 16.2. The molecule has 3 nitrogen and oxygen atoms in total. The summed E-state index contributed by atoms with van der Waals surface area (Å²) in [5.74, 6) is 2.82. The second kappa shape index (κ2) is 4.97. The van der Waals surface area contributed by atoms with Crippen molar-refractivity contribution in [3.8, 4) is 0 Å². The van der Waals surface area contributed by atoms with Crippen molar-refractivity contribution in [3.05, 3.63) is 24.2 Å². The molecule has 1 aromatic rings. The molecule has 5 aliphatic rings. The molecule has 0 aromatic carbocycles. The van der Waals surface area contributed by atoms with Gasteiger partial charge < -0.3 is 14.3 Å². The van der Waals surface area contributed by atoms with E-state index >= 15 is 0 Å². The monoisotopic (exact) mass is 356 g/mol. The molecule has 4 saturated carbocycles. The Morgan fingerprint density at radius 1 is 1.04 bits per heavy atom. The summed E-state index contributed by atoms with van der Waals surface area (Å²) in [6, 6.07) is 2.18. The Balaban J connectivity index is 1.37. The van der Waals surface area contributed by atoms with Crippen LogP contribution < -0.4 is 0 Å². The minimum absolute atomic E-state index is 0.0569. The third kappa shape index (κ3) is 1.73. The predicted octanol–water partition coefficient (Wildman–Crippen LogP) is 4.90. The van der Waals surface area contributed by atoms with Crippen LogP contribution in [0.4, 0.5) is 0 Å². The van der Waals surface area contributed by atoms with Crippen LogP contribution in [-0.4, -0.2) is 22.9 Å². The number of aliphatic hydroxyl groups is 1. The highest BCUT2D eigenvalue weighted by Crippen LogP contribution is 2.77. The Morgan fingerprint density at radius 3 is 2.73 bits per heavy atom. The quantitative estimate of drug-likeness (QED) is 0.728. The van der Waals surface area contributed by atoms with E-state index in [1.165, 1.54) is 44.1 Å². The zero-order valence-electron chi connectivity index (χ0n) is 16.1. The molecular weight excluding hydrogens is 324 g/mol. The van der Waals surface area contributed by atoms with Gasteiger partial charge in [-0.15, -0.1) is 0 Å². The van der Waals surface area contributed by atoms with Gasteiger partial charge in [0.1, 0.15) is 5.60 Å². The van der Waals surface area contributed by atoms with Crippen molar-refractivity contribution in [2.24, 2.45) is 28.6 Å². The number of ether oxygens (including phenoxy) is 1. The molecular formula is C23H32O3. The van der Waals surface area contributed by atoms with Gasteiger partial charge in [0.2, 0.25) is 0 Å². The molecule has 0 radical (unpaired) electrons. The van der Waals surface area contributed by atoms with Gasteiger partial charge in [-0.25, -0.2) is 0 Å². The van der Waals surface area contributed by atoms with Crippen LogP contribution in [-0.2, 0) is 4.74 Å². The maximum absolute atomic E-state index is 10.2. The highest BCUT2D eigenvalue weighted by molar-refractivity contribution is 5.35. The predicted molar refractivity (Wildman–Crippen MR) is 98.7 cm³/mol. The zero-order valence-corrected chi connectivity index (χ0v) is 16.1. The van der Waals surface area contributed by atoms with E-state index in [-0.39, 0.29) is 17.1 Å². The largest absolute Gasteiger partial charge is 0.472 e. The van der Waals surface area contributed by atoms with Crippen molar-refractivity contribution in [3.63, 3.8) is 0 Å². The van der Waals surface area contributed by atoms with E-state index in [1.54, 1.807) is 0 Å². The summed E-state index contributed by atoms with van der Waals surface area (Å²) in [4.78, 5) is 0. The molecule has 26 heavy (non-hydrogen) atoms. The van der Waals surface area contributed by atoms with Crippen molar-refractivity contribution >= 4 is 0 Å². The molecule has 6 rings (SSSR count). The molecule has 1 aliphatic heterocycles. The van der Waals surface area contributed by atoms with Crippen LogP contribution in [0.3, 0.4) is 0 Å². The first-order valence-electron chi connectivity index (χ1n) is 10.9. The second-order valence-corrected chi connectivity index (χ2v) is 10.6. The lowest BCUT2D eigenvalue weighted by molar-refractivity contribution is -0.139. The molecule has 5 fully saturated rings. The highest BCUT2D eigenvalue weighted by Gasteiger charge is 2.80. The van der Waals surface area contributed by atoms with Gasteiger partial charge >= 0.3 is 0 Å². The van der Waals surface area contributed by atoms with Gasteiger partial charge in [0.15, 0.2) is 0 Å². The highest BCUT2D eigenvalue weighted by atomic mass is 16.6. The Kier molecular flexibility index (Phi) is 3.09. The average Bonchev–Trinajstić information content (AvgIpc) is 2.99. The second-order valence-electron chi connectivity index (χ2n) is 10.6. The van der Waals surface area contributed by atoms with E-state index in [4.69, 9.17) is 9.15 Å². The lowest BCUT2D eigenvalue weighted by Gasteiger charge is -2.61. The molecule has 4 aliphatic carbocycles. The Hall–Kier alpha value is -0.800. The molecule has 2 heterocycles. The van der Waals surface area contributed by atoms with Gasteiger partial charge in [-0.3, -0.25) is 0 Å². The summed E-state index contributed by atoms with van der Waals surface area (Å²) >= 11 is 0. The van der Waals surface area contributed by atoms with Crippen molar-refractivity contribution in [2.75, 3.05) is 0 Å². The van der Waals surface area contributed by atoms with Crippen molar-refractivity contribution in [1.82, 2.24) is 0 Å². The molecule has 0 bridgehead atoms. The maximum Gasteiger partial charge on any atom is 0.104 e. The Bertz CT molecular complexity index is 713. The van der Waals surface area contributed by atoms with Crippen LogP contribution in [0, 0.1) is 28.6 Å². The van der Waals surface area contributed by atoms with E-state index in [0.29, 0.717) is 17.4 Å². The minimum Gasteiger partial charge on any atom is -0.472 e.